The van der Waals surface area contributed by atoms with Gasteiger partial charge < -0.3 is 19.3 Å². The molecule has 2 heterocycles. The Bertz CT molecular complexity index is 1280. The third kappa shape index (κ3) is 2.74. The molecule has 0 radical (unpaired) electrons. The lowest BCUT2D eigenvalue weighted by atomic mass is 10.1. The average molecular weight is 412 g/mol. The maximum Gasteiger partial charge on any atom is 0.341 e. The van der Waals surface area contributed by atoms with Gasteiger partial charge in [-0.3, -0.25) is 4.79 Å². The number of carboxylic acid groups (broad SMARTS) is 1. The molecule has 1 fully saturated rings. The quantitative estimate of drug-likeness (QED) is 0.705. The van der Waals surface area contributed by atoms with Crippen LogP contribution in [0, 0.1) is 11.6 Å². The lowest BCUT2D eigenvalue weighted by Gasteiger charge is -2.22. The summed E-state index contributed by atoms with van der Waals surface area (Å²) in [5.74, 6) is -2.48. The molecule has 30 heavy (non-hydrogen) atoms. The second-order valence-corrected chi connectivity index (χ2v) is 7.72. The van der Waals surface area contributed by atoms with E-state index < -0.39 is 28.6 Å². The molecule has 3 aromatic rings. The maximum atomic E-state index is 15.7. The highest BCUT2D eigenvalue weighted by molar-refractivity contribution is 5.94. The molecule has 5 rings (SSSR count). The number of aromatic carboxylic acids is 1. The summed E-state index contributed by atoms with van der Waals surface area (Å²) in [6.07, 6.45) is 2.68. The number of rotatable bonds is 4. The van der Waals surface area contributed by atoms with Crippen molar-refractivity contribution in [3.63, 3.8) is 0 Å². The van der Waals surface area contributed by atoms with Crippen molar-refractivity contribution in [2.24, 2.45) is 0 Å². The van der Waals surface area contributed by atoms with E-state index in [2.05, 4.69) is 0 Å². The van der Waals surface area contributed by atoms with Crippen molar-refractivity contribution < 1.29 is 23.4 Å². The summed E-state index contributed by atoms with van der Waals surface area (Å²) in [5.41, 5.74) is 0.228. The van der Waals surface area contributed by atoms with Crippen LogP contribution in [-0.4, -0.2) is 22.8 Å². The normalized spacial score (nSPS) is 15.5. The van der Waals surface area contributed by atoms with E-state index >= 15 is 8.78 Å². The summed E-state index contributed by atoms with van der Waals surface area (Å²) < 4.78 is 37.5. The van der Waals surface area contributed by atoms with E-state index in [4.69, 9.17) is 4.74 Å². The van der Waals surface area contributed by atoms with Crippen LogP contribution < -0.4 is 15.1 Å². The SMILES string of the molecule is COc1ccc2c(c1)CN(c1c(F)cc3c(=O)c(C(=O)O)cn(C4CC4)c3c1F)C2. The summed E-state index contributed by atoms with van der Waals surface area (Å²) >= 11 is 0. The van der Waals surface area contributed by atoms with Crippen LogP contribution in [0.5, 0.6) is 5.75 Å². The van der Waals surface area contributed by atoms with Gasteiger partial charge in [-0.1, -0.05) is 6.07 Å². The molecule has 154 valence electrons. The van der Waals surface area contributed by atoms with Crippen molar-refractivity contribution in [1.82, 2.24) is 4.57 Å². The zero-order valence-corrected chi connectivity index (χ0v) is 16.1. The first-order valence-corrected chi connectivity index (χ1v) is 9.60. The number of methoxy groups -OCH3 is 1. The molecule has 1 aromatic heterocycles. The molecular formula is C22H18F2N2O4. The van der Waals surface area contributed by atoms with E-state index in [1.54, 1.807) is 18.1 Å². The first-order valence-electron chi connectivity index (χ1n) is 9.60. The van der Waals surface area contributed by atoms with E-state index in [1.807, 2.05) is 12.1 Å². The number of hydrogen-bond donors (Lipinski definition) is 1. The number of benzene rings is 2. The fraction of sp³-hybridized carbons (Fsp3) is 0.273. The Balaban J connectivity index is 1.69. The molecule has 1 aliphatic carbocycles. The van der Waals surface area contributed by atoms with Gasteiger partial charge in [0.25, 0.3) is 0 Å². The molecule has 8 heteroatoms. The summed E-state index contributed by atoms with van der Waals surface area (Å²) in [7, 11) is 1.56. The van der Waals surface area contributed by atoms with Gasteiger partial charge in [-0.05, 0) is 42.2 Å². The Morgan fingerprint density at radius 3 is 2.57 bits per heavy atom. The zero-order valence-electron chi connectivity index (χ0n) is 16.1. The molecule has 0 spiro atoms. The van der Waals surface area contributed by atoms with Gasteiger partial charge in [0.15, 0.2) is 5.82 Å². The van der Waals surface area contributed by atoms with Gasteiger partial charge in [-0.15, -0.1) is 0 Å². The molecule has 0 unspecified atom stereocenters. The number of pyridine rings is 1. The number of ether oxygens (including phenoxy) is 1. The molecule has 0 atom stereocenters. The fourth-order valence-corrected chi connectivity index (χ4v) is 4.17. The van der Waals surface area contributed by atoms with Gasteiger partial charge in [-0.25, -0.2) is 13.6 Å². The first kappa shape index (κ1) is 18.6. The molecule has 2 aromatic carbocycles. The third-order valence-electron chi connectivity index (χ3n) is 5.81. The molecule has 1 aliphatic heterocycles. The zero-order chi connectivity index (χ0) is 21.2. The number of halogens is 2. The highest BCUT2D eigenvalue weighted by atomic mass is 19.1. The van der Waals surface area contributed by atoms with Crippen LogP contribution in [0.25, 0.3) is 10.9 Å². The minimum atomic E-state index is -1.41. The molecule has 2 aliphatic rings. The lowest BCUT2D eigenvalue weighted by molar-refractivity contribution is 0.0694. The molecule has 1 saturated carbocycles. The Hall–Kier alpha value is -3.42. The number of nitrogens with zero attached hydrogens (tertiary/aromatic N) is 2. The Labute approximate surface area is 169 Å². The molecule has 0 bridgehead atoms. The predicted octanol–water partition coefficient (Wildman–Crippen LogP) is 3.84. The molecule has 0 amide bonds. The minimum absolute atomic E-state index is 0.0440. The highest BCUT2D eigenvalue weighted by Crippen LogP contribution is 2.41. The van der Waals surface area contributed by atoms with Crippen molar-refractivity contribution in [3.8, 4) is 5.75 Å². The van der Waals surface area contributed by atoms with E-state index in [0.29, 0.717) is 18.8 Å². The third-order valence-corrected chi connectivity index (χ3v) is 5.81. The van der Waals surface area contributed by atoms with Crippen LogP contribution >= 0.6 is 0 Å². The average Bonchev–Trinajstić information content (AvgIpc) is 3.47. The highest BCUT2D eigenvalue weighted by Gasteiger charge is 2.32. The minimum Gasteiger partial charge on any atom is -0.497 e. The van der Waals surface area contributed by atoms with E-state index in [9.17, 15) is 14.7 Å². The monoisotopic (exact) mass is 412 g/mol. The van der Waals surface area contributed by atoms with E-state index in [0.717, 1.165) is 30.0 Å². The van der Waals surface area contributed by atoms with Gasteiger partial charge in [0.05, 0.1) is 18.0 Å². The predicted molar refractivity (Wildman–Crippen MR) is 106 cm³/mol. The lowest BCUT2D eigenvalue weighted by Crippen LogP contribution is -2.22. The largest absolute Gasteiger partial charge is 0.497 e. The van der Waals surface area contributed by atoms with Crippen molar-refractivity contribution in [2.45, 2.75) is 32.0 Å². The van der Waals surface area contributed by atoms with E-state index in [-0.39, 0.29) is 22.6 Å². The van der Waals surface area contributed by atoms with Crippen LogP contribution in [0.4, 0.5) is 14.5 Å². The molecule has 6 nitrogen and oxygen atoms in total. The van der Waals surface area contributed by atoms with E-state index in [1.165, 1.54) is 10.8 Å². The number of carbonyl (C=O) groups is 1. The van der Waals surface area contributed by atoms with Gasteiger partial charge in [0.2, 0.25) is 5.43 Å². The molecule has 1 N–H and O–H groups in total. The second-order valence-electron chi connectivity index (χ2n) is 7.72. The topological polar surface area (TPSA) is 71.8 Å². The van der Waals surface area contributed by atoms with Crippen LogP contribution in [-0.2, 0) is 13.1 Å². The smallest absolute Gasteiger partial charge is 0.341 e. The van der Waals surface area contributed by atoms with Crippen LogP contribution in [0.3, 0.4) is 0 Å². The Morgan fingerprint density at radius 1 is 1.17 bits per heavy atom. The number of anilines is 1. The standard InChI is InChI=1S/C22H18F2N2O4/c1-30-14-5-2-11-8-25(9-12(11)6-14)20-17(23)7-15-19(18(20)24)26(13-3-4-13)10-16(21(15)27)22(28)29/h2,5-7,10,13H,3-4,8-9H2,1H3,(H,28,29). The first-order chi connectivity index (χ1) is 14.4. The summed E-state index contributed by atoms with van der Waals surface area (Å²) in [4.78, 5) is 25.6. The van der Waals surface area contributed by atoms with Crippen LogP contribution in [0.15, 0.2) is 35.3 Å². The van der Waals surface area contributed by atoms with Crippen molar-refractivity contribution >= 4 is 22.6 Å². The number of aromatic nitrogens is 1. The van der Waals surface area contributed by atoms with Crippen LogP contribution in [0.2, 0.25) is 0 Å². The van der Waals surface area contributed by atoms with Crippen molar-refractivity contribution in [3.05, 3.63) is 69.0 Å². The summed E-state index contributed by atoms with van der Waals surface area (Å²) in [6, 6.07) is 6.37. The number of carboxylic acids is 1. The summed E-state index contributed by atoms with van der Waals surface area (Å²) in [6.45, 7) is 0.617. The fourth-order valence-electron chi connectivity index (χ4n) is 4.17. The van der Waals surface area contributed by atoms with Crippen molar-refractivity contribution in [2.75, 3.05) is 12.0 Å². The number of hydrogen-bond acceptors (Lipinski definition) is 4. The van der Waals surface area contributed by atoms with Gasteiger partial charge in [-0.2, -0.15) is 0 Å². The Morgan fingerprint density at radius 2 is 1.90 bits per heavy atom. The molecular weight excluding hydrogens is 394 g/mol. The second kappa shape index (κ2) is 6.55. The number of fused-ring (bicyclic) bond motifs is 2. The van der Waals surface area contributed by atoms with Gasteiger partial charge >= 0.3 is 5.97 Å². The van der Waals surface area contributed by atoms with Gasteiger partial charge in [0.1, 0.15) is 22.8 Å². The Kier molecular flexibility index (Phi) is 4.06. The van der Waals surface area contributed by atoms with Crippen molar-refractivity contribution in [1.29, 1.82) is 0 Å². The van der Waals surface area contributed by atoms with Gasteiger partial charge in [0, 0.05) is 25.3 Å². The maximum absolute atomic E-state index is 15.7. The summed E-state index contributed by atoms with van der Waals surface area (Å²) in [5, 5.41) is 9.09. The van der Waals surface area contributed by atoms with Crippen LogP contribution in [0.1, 0.15) is 40.4 Å². The molecule has 0 saturated heterocycles.